The third-order valence-electron chi connectivity index (χ3n) is 5.06. The van der Waals surface area contributed by atoms with Crippen molar-refractivity contribution in [3.8, 4) is 0 Å². The maximum atomic E-state index is 12.8. The number of aromatic amines is 1. The van der Waals surface area contributed by atoms with Gasteiger partial charge in [-0.1, -0.05) is 31.5 Å². The molecule has 0 aliphatic carbocycles. The predicted molar refractivity (Wildman–Crippen MR) is 118 cm³/mol. The van der Waals surface area contributed by atoms with Crippen molar-refractivity contribution >= 4 is 45.4 Å². The van der Waals surface area contributed by atoms with Crippen LogP contribution in [-0.2, 0) is 14.3 Å². The molecule has 1 atom stereocenters. The molecule has 3 rings (SSSR count). The van der Waals surface area contributed by atoms with E-state index in [1.165, 1.54) is 13.0 Å². The van der Waals surface area contributed by atoms with Crippen LogP contribution in [0.5, 0.6) is 0 Å². The number of aliphatic carboxylic acids is 1. The Bertz CT molecular complexity index is 1180. The molecule has 9 nitrogen and oxygen atoms in total. The Morgan fingerprint density at radius 3 is 2.62 bits per heavy atom. The van der Waals surface area contributed by atoms with Gasteiger partial charge < -0.3 is 20.1 Å². The van der Waals surface area contributed by atoms with Crippen LogP contribution in [0.1, 0.15) is 60.5 Å². The predicted octanol–water partition coefficient (Wildman–Crippen LogP) is 3.23. The first kappa shape index (κ1) is 22.9. The molecule has 32 heavy (non-hydrogen) atoms. The number of nitrogens with zero attached hydrogens (tertiary/aromatic N) is 1. The Balaban J connectivity index is 1.83. The molecule has 0 aliphatic rings. The minimum Gasteiger partial charge on any atom is -0.480 e. The van der Waals surface area contributed by atoms with Gasteiger partial charge in [0.2, 0.25) is 0 Å². The van der Waals surface area contributed by atoms with E-state index < -0.39 is 23.9 Å². The lowest BCUT2D eigenvalue weighted by atomic mass is 10.1. The normalized spacial score (nSPS) is 11.9. The van der Waals surface area contributed by atoms with Crippen molar-refractivity contribution in [1.82, 2.24) is 15.3 Å². The first-order valence-corrected chi connectivity index (χ1v) is 10.4. The lowest BCUT2D eigenvalue weighted by Crippen LogP contribution is -2.41. The average molecular weight is 439 g/mol. The number of ether oxygens (including phenoxy) is 1. The molecule has 0 saturated carbocycles. The molecule has 0 fully saturated rings. The van der Waals surface area contributed by atoms with E-state index in [4.69, 9.17) is 4.74 Å². The number of carbonyl (C=O) groups is 4. The summed E-state index contributed by atoms with van der Waals surface area (Å²) in [6.07, 6.45) is 1.33. The zero-order valence-electron chi connectivity index (χ0n) is 17.9. The first-order valence-electron chi connectivity index (χ1n) is 10.4. The number of carbonyl (C=O) groups excluding carboxylic acids is 3. The molecule has 1 amide bonds. The van der Waals surface area contributed by atoms with Gasteiger partial charge in [0.15, 0.2) is 5.78 Å². The number of rotatable bonds is 10. The van der Waals surface area contributed by atoms with Crippen LogP contribution in [0.3, 0.4) is 0 Å². The number of H-pyrrole nitrogens is 1. The summed E-state index contributed by atoms with van der Waals surface area (Å²) < 4.78 is 5.03. The van der Waals surface area contributed by atoms with Gasteiger partial charge in [-0.2, -0.15) is 0 Å². The van der Waals surface area contributed by atoms with E-state index in [1.807, 2.05) is 31.2 Å². The molecule has 1 aromatic carbocycles. The maximum Gasteiger partial charge on any atom is 0.326 e. The average Bonchev–Trinajstić information content (AvgIpc) is 3.14. The topological polar surface area (TPSA) is 138 Å². The second-order valence-corrected chi connectivity index (χ2v) is 7.48. The summed E-state index contributed by atoms with van der Waals surface area (Å²) in [4.78, 5) is 55.7. The molecule has 2 heterocycles. The van der Waals surface area contributed by atoms with Crippen LogP contribution < -0.4 is 5.32 Å². The number of para-hydroxylation sites is 1. The molecule has 2 aromatic heterocycles. The zero-order chi connectivity index (χ0) is 23.3. The number of Topliss-reactive ketones (excluding diaryl/α,β-unsaturated/α-hetero) is 1. The summed E-state index contributed by atoms with van der Waals surface area (Å²) in [5.74, 6) is -2.87. The monoisotopic (exact) mass is 439 g/mol. The number of hydrogen-bond donors (Lipinski definition) is 3. The molecule has 1 unspecified atom stereocenters. The number of fused-ring (bicyclic) bond motifs is 3. The van der Waals surface area contributed by atoms with Gasteiger partial charge in [0, 0.05) is 29.6 Å². The van der Waals surface area contributed by atoms with Crippen LogP contribution in [0.2, 0.25) is 0 Å². The van der Waals surface area contributed by atoms with Crippen LogP contribution in [0.25, 0.3) is 21.8 Å². The summed E-state index contributed by atoms with van der Waals surface area (Å²) in [5, 5.41) is 13.3. The number of aromatic nitrogens is 2. The molecule has 0 spiro atoms. The lowest BCUT2D eigenvalue weighted by molar-refractivity contribution is -0.144. The highest BCUT2D eigenvalue weighted by molar-refractivity contribution is 6.15. The summed E-state index contributed by atoms with van der Waals surface area (Å²) in [7, 11) is 0. The number of unbranched alkanes of at least 4 members (excludes halogenated alkanes) is 1. The molecule has 0 radical (unpaired) electrons. The Labute approximate surface area is 184 Å². The smallest absolute Gasteiger partial charge is 0.326 e. The highest BCUT2D eigenvalue weighted by Crippen LogP contribution is 2.28. The van der Waals surface area contributed by atoms with Crippen molar-refractivity contribution in [2.24, 2.45) is 0 Å². The standard InChI is InChI=1S/C23H25N3O6/c1-3-4-11-32-19(28)10-9-17(23(30)31)26-22(29)18-12-15-14-7-5-6-8-16(14)24-21(15)20(25-18)13(2)27/h5-8,12,17,24H,3-4,9-11H2,1-2H3,(H,26,29)(H,30,31). The Kier molecular flexibility index (Phi) is 7.19. The number of amides is 1. The molecule has 0 bridgehead atoms. The minimum absolute atomic E-state index is 0.0794. The maximum absolute atomic E-state index is 12.8. The van der Waals surface area contributed by atoms with E-state index in [-0.39, 0.29) is 36.6 Å². The second kappa shape index (κ2) is 10.0. The fourth-order valence-corrected chi connectivity index (χ4v) is 3.37. The third kappa shape index (κ3) is 5.11. The van der Waals surface area contributed by atoms with E-state index in [1.54, 1.807) is 0 Å². The Hall–Kier alpha value is -3.75. The van der Waals surface area contributed by atoms with E-state index in [0.717, 1.165) is 23.7 Å². The van der Waals surface area contributed by atoms with Gasteiger partial charge in [-0.3, -0.25) is 14.4 Å². The van der Waals surface area contributed by atoms with Gasteiger partial charge in [0.1, 0.15) is 17.4 Å². The third-order valence-corrected chi connectivity index (χ3v) is 5.06. The van der Waals surface area contributed by atoms with Crippen LogP contribution in [0.4, 0.5) is 0 Å². The molecule has 9 heteroatoms. The summed E-state index contributed by atoms with van der Waals surface area (Å²) >= 11 is 0. The molecule has 0 aliphatic heterocycles. The van der Waals surface area contributed by atoms with Crippen molar-refractivity contribution in [2.45, 2.75) is 45.6 Å². The Morgan fingerprint density at radius 1 is 1.19 bits per heavy atom. The van der Waals surface area contributed by atoms with Crippen molar-refractivity contribution < 1.29 is 29.0 Å². The summed E-state index contributed by atoms with van der Waals surface area (Å²) in [5.41, 5.74) is 1.31. The molecular formula is C23H25N3O6. The van der Waals surface area contributed by atoms with Gasteiger partial charge in [-0.15, -0.1) is 0 Å². The van der Waals surface area contributed by atoms with Crippen LogP contribution in [-0.4, -0.2) is 51.4 Å². The molecule has 3 aromatic rings. The van der Waals surface area contributed by atoms with Crippen molar-refractivity contribution in [3.05, 3.63) is 41.7 Å². The van der Waals surface area contributed by atoms with Crippen LogP contribution in [0, 0.1) is 0 Å². The van der Waals surface area contributed by atoms with Gasteiger partial charge in [-0.05, 0) is 25.0 Å². The second-order valence-electron chi connectivity index (χ2n) is 7.48. The fourth-order valence-electron chi connectivity index (χ4n) is 3.37. The summed E-state index contributed by atoms with van der Waals surface area (Å²) in [6.45, 7) is 3.59. The van der Waals surface area contributed by atoms with E-state index >= 15 is 0 Å². The Morgan fingerprint density at radius 2 is 1.94 bits per heavy atom. The number of esters is 1. The fraction of sp³-hybridized carbons (Fsp3) is 0.348. The number of ketones is 1. The molecule has 3 N–H and O–H groups in total. The first-order chi connectivity index (χ1) is 15.3. The van der Waals surface area contributed by atoms with Gasteiger partial charge in [-0.25, -0.2) is 9.78 Å². The van der Waals surface area contributed by atoms with Crippen LogP contribution in [0.15, 0.2) is 30.3 Å². The molecule has 168 valence electrons. The van der Waals surface area contributed by atoms with Gasteiger partial charge in [0.25, 0.3) is 5.91 Å². The van der Waals surface area contributed by atoms with Crippen molar-refractivity contribution in [2.75, 3.05) is 6.61 Å². The van der Waals surface area contributed by atoms with Crippen LogP contribution >= 0.6 is 0 Å². The van der Waals surface area contributed by atoms with E-state index in [9.17, 15) is 24.3 Å². The molecule has 0 saturated heterocycles. The zero-order valence-corrected chi connectivity index (χ0v) is 17.9. The van der Waals surface area contributed by atoms with Gasteiger partial charge >= 0.3 is 11.9 Å². The quantitative estimate of drug-likeness (QED) is 0.250. The lowest BCUT2D eigenvalue weighted by Gasteiger charge is -2.14. The highest BCUT2D eigenvalue weighted by Gasteiger charge is 2.24. The number of carboxylic acids is 1. The van der Waals surface area contributed by atoms with Crippen molar-refractivity contribution in [3.63, 3.8) is 0 Å². The van der Waals surface area contributed by atoms with E-state index in [0.29, 0.717) is 10.9 Å². The highest BCUT2D eigenvalue weighted by atomic mass is 16.5. The number of nitrogens with one attached hydrogen (secondary N) is 2. The number of hydrogen-bond acceptors (Lipinski definition) is 6. The number of pyridine rings is 1. The molecular weight excluding hydrogens is 414 g/mol. The number of carboxylic acid groups (broad SMARTS) is 1. The SMILES string of the molecule is CCCCOC(=O)CCC(NC(=O)c1cc2c([nH]c3ccccc32)c(C(C)=O)n1)C(=O)O. The van der Waals surface area contributed by atoms with E-state index in [2.05, 4.69) is 15.3 Å². The largest absolute Gasteiger partial charge is 0.480 e. The minimum atomic E-state index is -1.30. The summed E-state index contributed by atoms with van der Waals surface area (Å²) in [6, 6.07) is 7.60. The van der Waals surface area contributed by atoms with Gasteiger partial charge in [0.05, 0.1) is 12.1 Å². The number of benzene rings is 1. The van der Waals surface area contributed by atoms with Crippen molar-refractivity contribution in [1.29, 1.82) is 0 Å².